The van der Waals surface area contributed by atoms with Crippen LogP contribution in [0.25, 0.3) is 0 Å². The van der Waals surface area contributed by atoms with Crippen molar-refractivity contribution in [3.05, 3.63) is 52.5 Å². The molecule has 1 saturated heterocycles. The molecule has 1 aliphatic heterocycles. The molecule has 1 fully saturated rings. The second-order valence-electron chi connectivity index (χ2n) is 6.33. The van der Waals surface area contributed by atoms with Crippen molar-refractivity contribution in [2.24, 2.45) is 0 Å². The van der Waals surface area contributed by atoms with Gasteiger partial charge in [0.25, 0.3) is 0 Å². The first-order valence-corrected chi connectivity index (χ1v) is 11.0. The molecule has 7 heteroatoms. The normalized spacial score (nSPS) is 18.0. The van der Waals surface area contributed by atoms with Crippen LogP contribution in [0.4, 0.5) is 4.39 Å². The molecule has 136 valence electrons. The Balaban J connectivity index is 1.75. The van der Waals surface area contributed by atoms with Crippen LogP contribution in [0, 0.1) is 5.82 Å². The summed E-state index contributed by atoms with van der Waals surface area (Å²) >= 11 is 1.62. The van der Waals surface area contributed by atoms with Crippen molar-refractivity contribution in [2.75, 3.05) is 19.6 Å². The van der Waals surface area contributed by atoms with Crippen molar-refractivity contribution < 1.29 is 12.8 Å². The Morgan fingerprint density at radius 2 is 1.76 bits per heavy atom. The number of halogens is 1. The molecule has 4 nitrogen and oxygen atoms in total. The molecule has 0 unspecified atom stereocenters. The van der Waals surface area contributed by atoms with Gasteiger partial charge in [0.2, 0.25) is 10.0 Å². The molecule has 0 saturated carbocycles. The predicted octanol–water partition coefficient (Wildman–Crippen LogP) is 3.78. The fraction of sp³-hybridized carbons (Fsp3) is 0.444. The molecule has 1 atom stereocenters. The van der Waals surface area contributed by atoms with Gasteiger partial charge in [-0.05, 0) is 72.6 Å². The van der Waals surface area contributed by atoms with Crippen molar-refractivity contribution in [2.45, 2.75) is 36.6 Å². The van der Waals surface area contributed by atoms with Crippen molar-refractivity contribution in [1.82, 2.24) is 9.62 Å². The average Bonchev–Trinajstić information content (AvgIpc) is 2.98. The lowest BCUT2D eigenvalue weighted by Crippen LogP contribution is -2.38. The summed E-state index contributed by atoms with van der Waals surface area (Å²) in [6, 6.07) is 7.01. The van der Waals surface area contributed by atoms with Crippen molar-refractivity contribution in [3.63, 3.8) is 0 Å². The highest BCUT2D eigenvalue weighted by Crippen LogP contribution is 2.26. The standard InChI is InChI=1S/C18H23FN2O2S2/c19-16-5-7-17(8-6-16)25(22,23)20-13-18(15-9-12-24-14-15)21-10-3-1-2-4-11-21/h5-9,12,14,18,20H,1-4,10-11,13H2/t18-/m1/s1. The predicted molar refractivity (Wildman–Crippen MR) is 98.7 cm³/mol. The lowest BCUT2D eigenvalue weighted by atomic mass is 10.1. The molecule has 0 amide bonds. The summed E-state index contributed by atoms with van der Waals surface area (Å²) in [4.78, 5) is 2.47. The largest absolute Gasteiger partial charge is 0.295 e. The number of sulfonamides is 1. The van der Waals surface area contributed by atoms with Crippen LogP contribution in [0.2, 0.25) is 0 Å². The molecule has 0 spiro atoms. The van der Waals surface area contributed by atoms with Gasteiger partial charge in [0.1, 0.15) is 5.82 Å². The fourth-order valence-electron chi connectivity index (χ4n) is 3.21. The Morgan fingerprint density at radius 3 is 2.36 bits per heavy atom. The van der Waals surface area contributed by atoms with E-state index < -0.39 is 15.8 Å². The molecule has 2 aromatic rings. The Labute approximate surface area is 152 Å². The quantitative estimate of drug-likeness (QED) is 0.827. The topological polar surface area (TPSA) is 49.4 Å². The van der Waals surface area contributed by atoms with E-state index in [-0.39, 0.29) is 10.9 Å². The third-order valence-electron chi connectivity index (χ3n) is 4.60. The third kappa shape index (κ3) is 4.88. The van der Waals surface area contributed by atoms with Gasteiger partial charge in [0, 0.05) is 12.6 Å². The van der Waals surface area contributed by atoms with Crippen LogP contribution in [-0.2, 0) is 10.0 Å². The van der Waals surface area contributed by atoms with Gasteiger partial charge in [0.05, 0.1) is 4.90 Å². The van der Waals surface area contributed by atoms with Gasteiger partial charge in [-0.1, -0.05) is 12.8 Å². The monoisotopic (exact) mass is 382 g/mol. The zero-order valence-corrected chi connectivity index (χ0v) is 15.7. The summed E-state index contributed by atoms with van der Waals surface area (Å²) in [6.45, 7) is 2.29. The Bertz CT molecular complexity index is 753. The van der Waals surface area contributed by atoms with E-state index in [0.29, 0.717) is 6.54 Å². The highest BCUT2D eigenvalue weighted by molar-refractivity contribution is 7.89. The number of rotatable bonds is 6. The SMILES string of the molecule is O=S(=O)(NC[C@H](c1ccsc1)N1CCCCCC1)c1ccc(F)cc1. The summed E-state index contributed by atoms with van der Waals surface area (Å²) < 4.78 is 40.8. The van der Waals surface area contributed by atoms with Crippen molar-refractivity contribution in [3.8, 4) is 0 Å². The fourth-order valence-corrected chi connectivity index (χ4v) is 4.96. The van der Waals surface area contributed by atoms with Crippen LogP contribution in [0.1, 0.15) is 37.3 Å². The molecule has 1 aromatic heterocycles. The van der Waals surface area contributed by atoms with E-state index >= 15 is 0 Å². The van der Waals surface area contributed by atoms with Crippen LogP contribution < -0.4 is 4.72 Å². The summed E-state index contributed by atoms with van der Waals surface area (Å²) in [7, 11) is -3.65. The zero-order valence-electron chi connectivity index (χ0n) is 14.0. The average molecular weight is 383 g/mol. The second kappa shape index (κ2) is 8.40. The lowest BCUT2D eigenvalue weighted by Gasteiger charge is -2.30. The highest BCUT2D eigenvalue weighted by atomic mass is 32.2. The van der Waals surface area contributed by atoms with Crippen LogP contribution in [0.15, 0.2) is 46.0 Å². The smallest absolute Gasteiger partial charge is 0.240 e. The summed E-state index contributed by atoms with van der Waals surface area (Å²) in [5, 5.41) is 4.11. The van der Waals surface area contributed by atoms with Gasteiger partial charge in [-0.3, -0.25) is 4.90 Å². The molecule has 1 N–H and O–H groups in total. The van der Waals surface area contributed by atoms with E-state index in [1.165, 1.54) is 37.1 Å². The first-order chi connectivity index (χ1) is 12.1. The zero-order chi connectivity index (χ0) is 17.7. The maximum atomic E-state index is 13.0. The third-order valence-corrected chi connectivity index (χ3v) is 6.74. The van der Waals surface area contributed by atoms with Crippen LogP contribution in [0.5, 0.6) is 0 Å². The minimum absolute atomic E-state index is 0.0274. The number of hydrogen-bond donors (Lipinski definition) is 1. The minimum Gasteiger partial charge on any atom is -0.295 e. The number of nitrogens with one attached hydrogen (secondary N) is 1. The maximum Gasteiger partial charge on any atom is 0.240 e. The summed E-state index contributed by atoms with van der Waals surface area (Å²) in [5.41, 5.74) is 1.15. The highest BCUT2D eigenvalue weighted by Gasteiger charge is 2.24. The van der Waals surface area contributed by atoms with Gasteiger partial charge in [-0.2, -0.15) is 11.3 Å². The second-order valence-corrected chi connectivity index (χ2v) is 8.88. The van der Waals surface area contributed by atoms with Gasteiger partial charge in [-0.25, -0.2) is 17.5 Å². The lowest BCUT2D eigenvalue weighted by molar-refractivity contribution is 0.206. The Hall–Kier alpha value is -1.28. The van der Waals surface area contributed by atoms with E-state index in [9.17, 15) is 12.8 Å². The number of likely N-dealkylation sites (tertiary alicyclic amines) is 1. The van der Waals surface area contributed by atoms with Crippen LogP contribution >= 0.6 is 11.3 Å². The van der Waals surface area contributed by atoms with Crippen LogP contribution in [-0.4, -0.2) is 33.0 Å². The molecule has 1 aliphatic rings. The van der Waals surface area contributed by atoms with Gasteiger partial charge < -0.3 is 0 Å². The van der Waals surface area contributed by atoms with E-state index in [2.05, 4.69) is 21.1 Å². The Kier molecular flexibility index (Phi) is 6.22. The van der Waals surface area contributed by atoms with E-state index in [1.807, 2.05) is 5.38 Å². The molecular weight excluding hydrogens is 359 g/mol. The van der Waals surface area contributed by atoms with Crippen molar-refractivity contribution >= 4 is 21.4 Å². The number of hydrogen-bond acceptors (Lipinski definition) is 4. The van der Waals surface area contributed by atoms with E-state index in [0.717, 1.165) is 31.5 Å². The molecular formula is C18H23FN2O2S2. The summed E-state index contributed by atoms with van der Waals surface area (Å²) in [6.07, 6.45) is 4.75. The molecule has 2 heterocycles. The molecule has 1 aromatic carbocycles. The summed E-state index contributed by atoms with van der Waals surface area (Å²) in [5.74, 6) is -0.445. The molecule has 25 heavy (non-hydrogen) atoms. The Morgan fingerprint density at radius 1 is 1.08 bits per heavy atom. The molecule has 3 rings (SSSR count). The molecule has 0 aliphatic carbocycles. The minimum atomic E-state index is -3.65. The van der Waals surface area contributed by atoms with Gasteiger partial charge in [0.15, 0.2) is 0 Å². The van der Waals surface area contributed by atoms with Gasteiger partial charge in [-0.15, -0.1) is 0 Å². The van der Waals surface area contributed by atoms with Gasteiger partial charge >= 0.3 is 0 Å². The molecule has 0 bridgehead atoms. The number of nitrogens with zero attached hydrogens (tertiary/aromatic N) is 1. The van der Waals surface area contributed by atoms with E-state index in [4.69, 9.17) is 0 Å². The number of benzene rings is 1. The number of thiophene rings is 1. The van der Waals surface area contributed by atoms with Crippen molar-refractivity contribution in [1.29, 1.82) is 0 Å². The first kappa shape index (κ1) is 18.5. The first-order valence-electron chi connectivity index (χ1n) is 8.58. The van der Waals surface area contributed by atoms with Crippen LogP contribution in [0.3, 0.4) is 0 Å². The maximum absolute atomic E-state index is 13.0. The van der Waals surface area contributed by atoms with E-state index in [1.54, 1.807) is 11.3 Å². The molecule has 0 radical (unpaired) electrons.